The van der Waals surface area contributed by atoms with E-state index in [9.17, 15) is 9.59 Å². The Morgan fingerprint density at radius 1 is 1.27 bits per heavy atom. The van der Waals surface area contributed by atoms with E-state index in [1.807, 2.05) is 12.1 Å². The predicted molar refractivity (Wildman–Crippen MR) is 111 cm³/mol. The third-order valence-corrected chi connectivity index (χ3v) is 6.04. The van der Waals surface area contributed by atoms with Crippen LogP contribution in [0.15, 0.2) is 28.9 Å². The molecule has 0 aromatic carbocycles. The number of esters is 1. The molecule has 0 aliphatic heterocycles. The molecule has 1 N–H and O–H groups in total. The number of hydrogen-bond acceptors (Lipinski definition) is 8. The lowest BCUT2D eigenvalue weighted by atomic mass is 9.95. The second-order valence-corrected chi connectivity index (χ2v) is 8.02. The monoisotopic (exact) mass is 426 g/mol. The lowest BCUT2D eigenvalue weighted by Gasteiger charge is -2.12. The second-order valence-electron chi connectivity index (χ2n) is 6.91. The van der Waals surface area contributed by atoms with Crippen LogP contribution in [-0.2, 0) is 28.8 Å². The van der Waals surface area contributed by atoms with Crippen LogP contribution in [0.1, 0.15) is 52.9 Å². The zero-order valence-electron chi connectivity index (χ0n) is 16.6. The number of aromatic nitrogens is 3. The number of fused-ring (bicyclic) bond motifs is 1. The quantitative estimate of drug-likeness (QED) is 0.572. The van der Waals surface area contributed by atoms with Crippen LogP contribution in [0.25, 0.3) is 11.5 Å². The molecule has 1 aliphatic carbocycles. The van der Waals surface area contributed by atoms with Crippen molar-refractivity contribution in [2.75, 3.05) is 11.9 Å². The topological polar surface area (TPSA) is 107 Å². The molecule has 3 aromatic heterocycles. The fourth-order valence-corrected chi connectivity index (χ4v) is 4.73. The first kappa shape index (κ1) is 20.2. The summed E-state index contributed by atoms with van der Waals surface area (Å²) in [5, 5.41) is 7.38. The predicted octanol–water partition coefficient (Wildman–Crippen LogP) is 3.82. The van der Waals surface area contributed by atoms with Crippen LogP contribution in [-0.4, -0.2) is 33.6 Å². The number of ether oxygens (including phenoxy) is 1. The zero-order chi connectivity index (χ0) is 20.9. The Kier molecular flexibility index (Phi) is 6.18. The third-order valence-electron chi connectivity index (χ3n) is 4.83. The van der Waals surface area contributed by atoms with E-state index in [1.54, 1.807) is 19.2 Å². The van der Waals surface area contributed by atoms with Crippen molar-refractivity contribution >= 4 is 28.2 Å². The summed E-state index contributed by atoms with van der Waals surface area (Å²) >= 11 is 1.48. The molecule has 0 bridgehead atoms. The number of rotatable bonds is 7. The summed E-state index contributed by atoms with van der Waals surface area (Å²) in [6.07, 6.45) is 6.02. The molecule has 4 rings (SSSR count). The van der Waals surface area contributed by atoms with Gasteiger partial charge < -0.3 is 14.6 Å². The summed E-state index contributed by atoms with van der Waals surface area (Å²) in [7, 11) is 0. The van der Waals surface area contributed by atoms with Crippen LogP contribution in [0.3, 0.4) is 0 Å². The highest BCUT2D eigenvalue weighted by Crippen LogP contribution is 2.38. The Morgan fingerprint density at radius 3 is 2.93 bits per heavy atom. The van der Waals surface area contributed by atoms with E-state index in [0.29, 0.717) is 41.0 Å². The van der Waals surface area contributed by atoms with Crippen molar-refractivity contribution in [2.24, 2.45) is 0 Å². The van der Waals surface area contributed by atoms with E-state index < -0.39 is 0 Å². The highest BCUT2D eigenvalue weighted by Gasteiger charge is 2.27. The van der Waals surface area contributed by atoms with Gasteiger partial charge in [0.1, 0.15) is 10.7 Å². The van der Waals surface area contributed by atoms with Gasteiger partial charge in [-0.15, -0.1) is 11.3 Å². The highest BCUT2D eigenvalue weighted by atomic mass is 32.1. The van der Waals surface area contributed by atoms with Crippen LogP contribution >= 0.6 is 11.3 Å². The molecule has 8 nitrogen and oxygen atoms in total. The maximum atomic E-state index is 12.5. The molecule has 0 saturated carbocycles. The molecular weight excluding hydrogens is 404 g/mol. The molecule has 3 heterocycles. The van der Waals surface area contributed by atoms with E-state index >= 15 is 0 Å². The summed E-state index contributed by atoms with van der Waals surface area (Å²) in [6, 6.07) is 5.44. The lowest BCUT2D eigenvalue weighted by molar-refractivity contribution is -0.116. The van der Waals surface area contributed by atoms with Gasteiger partial charge >= 0.3 is 5.97 Å². The first-order chi connectivity index (χ1) is 14.7. The van der Waals surface area contributed by atoms with Crippen molar-refractivity contribution < 1.29 is 18.8 Å². The second kappa shape index (κ2) is 9.17. The molecular formula is C21H22N4O4S. The highest BCUT2D eigenvalue weighted by molar-refractivity contribution is 7.17. The van der Waals surface area contributed by atoms with Gasteiger partial charge in [-0.05, 0) is 50.3 Å². The average molecular weight is 426 g/mol. The smallest absolute Gasteiger partial charge is 0.341 e. The number of hydrogen-bond donors (Lipinski definition) is 1. The molecule has 0 unspecified atom stereocenters. The Hall–Kier alpha value is -3.07. The minimum absolute atomic E-state index is 0.161. The summed E-state index contributed by atoms with van der Waals surface area (Å²) in [5.41, 5.74) is 2.15. The minimum atomic E-state index is -0.371. The molecule has 0 atom stereocenters. The normalized spacial score (nSPS) is 13.0. The number of carbonyl (C=O) groups is 2. The number of nitrogens with zero attached hydrogens (tertiary/aromatic N) is 3. The fourth-order valence-electron chi connectivity index (χ4n) is 3.44. The van der Waals surface area contributed by atoms with Gasteiger partial charge in [0, 0.05) is 23.9 Å². The third kappa shape index (κ3) is 4.40. The van der Waals surface area contributed by atoms with Crippen molar-refractivity contribution in [1.82, 2.24) is 15.1 Å². The van der Waals surface area contributed by atoms with E-state index in [0.717, 1.165) is 36.1 Å². The molecule has 9 heteroatoms. The van der Waals surface area contributed by atoms with Gasteiger partial charge in [0.15, 0.2) is 0 Å². The number of nitrogens with one attached hydrogen (secondary N) is 1. The molecule has 3 aromatic rings. The van der Waals surface area contributed by atoms with Gasteiger partial charge in [0.05, 0.1) is 12.2 Å². The van der Waals surface area contributed by atoms with Gasteiger partial charge in [-0.2, -0.15) is 4.98 Å². The first-order valence-electron chi connectivity index (χ1n) is 10.0. The first-order valence-corrected chi connectivity index (χ1v) is 10.8. The number of anilines is 1. The summed E-state index contributed by atoms with van der Waals surface area (Å²) in [5.74, 6) is 0.171. The van der Waals surface area contributed by atoms with E-state index in [2.05, 4.69) is 20.4 Å². The zero-order valence-corrected chi connectivity index (χ0v) is 17.5. The Balaban J connectivity index is 1.43. The van der Waals surface area contributed by atoms with Crippen molar-refractivity contribution in [3.8, 4) is 11.5 Å². The maximum Gasteiger partial charge on any atom is 0.341 e. The molecule has 0 radical (unpaired) electrons. The Morgan fingerprint density at radius 2 is 2.13 bits per heavy atom. The van der Waals surface area contributed by atoms with E-state index in [1.165, 1.54) is 11.3 Å². The van der Waals surface area contributed by atoms with Crippen LogP contribution in [0.5, 0.6) is 0 Å². The van der Waals surface area contributed by atoms with Gasteiger partial charge in [0.2, 0.25) is 17.6 Å². The minimum Gasteiger partial charge on any atom is -0.462 e. The number of pyridine rings is 1. The van der Waals surface area contributed by atoms with Crippen LogP contribution in [0.4, 0.5) is 5.00 Å². The van der Waals surface area contributed by atoms with Crippen molar-refractivity contribution in [3.63, 3.8) is 0 Å². The van der Waals surface area contributed by atoms with Crippen molar-refractivity contribution in [1.29, 1.82) is 0 Å². The lowest BCUT2D eigenvalue weighted by Crippen LogP contribution is -2.16. The molecule has 0 spiro atoms. The maximum absolute atomic E-state index is 12.5. The summed E-state index contributed by atoms with van der Waals surface area (Å²) in [4.78, 5) is 34.7. The molecule has 30 heavy (non-hydrogen) atoms. The van der Waals surface area contributed by atoms with Crippen molar-refractivity contribution in [2.45, 2.75) is 45.4 Å². The largest absolute Gasteiger partial charge is 0.462 e. The molecule has 1 aliphatic rings. The summed E-state index contributed by atoms with van der Waals surface area (Å²) < 4.78 is 10.5. The molecule has 0 fully saturated rings. The van der Waals surface area contributed by atoms with Crippen LogP contribution in [0, 0.1) is 0 Å². The molecule has 156 valence electrons. The number of thiophene rings is 1. The Labute approximate surface area is 177 Å². The van der Waals surface area contributed by atoms with Gasteiger partial charge in [0.25, 0.3) is 0 Å². The molecule has 1 amide bonds. The number of carbonyl (C=O) groups excluding carboxylic acids is 2. The fraction of sp³-hybridized carbons (Fsp3) is 0.381. The molecule has 0 saturated heterocycles. The standard InChI is InChI=1S/C21H22N4O4S/c1-2-28-21(27)18-13-7-3-4-9-15(13)30-20(18)23-16(26)10-11-17-24-19(25-29-17)14-8-5-6-12-22-14/h5-6,8,12H,2-4,7,9-11H2,1H3,(H,23,26). The van der Waals surface area contributed by atoms with Crippen molar-refractivity contribution in [3.05, 3.63) is 46.3 Å². The van der Waals surface area contributed by atoms with Gasteiger partial charge in [-0.1, -0.05) is 11.2 Å². The van der Waals surface area contributed by atoms with Gasteiger partial charge in [-0.25, -0.2) is 4.79 Å². The summed E-state index contributed by atoms with van der Waals surface area (Å²) in [6.45, 7) is 2.07. The van der Waals surface area contributed by atoms with E-state index in [4.69, 9.17) is 9.26 Å². The van der Waals surface area contributed by atoms with Gasteiger partial charge in [-0.3, -0.25) is 9.78 Å². The number of aryl methyl sites for hydroxylation is 2. The Bertz CT molecular complexity index is 1040. The van der Waals surface area contributed by atoms with E-state index in [-0.39, 0.29) is 18.3 Å². The van der Waals surface area contributed by atoms with Crippen LogP contribution in [0.2, 0.25) is 0 Å². The SMILES string of the molecule is CCOC(=O)c1c(NC(=O)CCc2nc(-c3ccccn3)no2)sc2c1CCCC2. The van der Waals surface area contributed by atoms with Crippen LogP contribution < -0.4 is 5.32 Å². The average Bonchev–Trinajstić information content (AvgIpc) is 3.37. The number of amides is 1.